The summed E-state index contributed by atoms with van der Waals surface area (Å²) in [7, 11) is 0. The molecular formula is C14H18ClIN4. The first-order valence-electron chi connectivity index (χ1n) is 6.60. The highest BCUT2D eigenvalue weighted by molar-refractivity contribution is 14.1. The highest BCUT2D eigenvalue weighted by atomic mass is 127. The SMILES string of the molecule is CCCn1nccc1-c1nc(Cl)c(I)c(C(C)(C)C)n1. The van der Waals surface area contributed by atoms with Gasteiger partial charge in [0.25, 0.3) is 0 Å². The minimum absolute atomic E-state index is 0.0759. The maximum atomic E-state index is 6.28. The van der Waals surface area contributed by atoms with Crippen LogP contribution in [-0.2, 0) is 12.0 Å². The van der Waals surface area contributed by atoms with Crippen LogP contribution in [0.2, 0.25) is 5.15 Å². The predicted octanol–water partition coefficient (Wildman–Crippen LogP) is 4.31. The van der Waals surface area contributed by atoms with E-state index in [1.165, 1.54) is 0 Å². The normalized spacial score (nSPS) is 11.9. The summed E-state index contributed by atoms with van der Waals surface area (Å²) < 4.78 is 2.84. The Bertz CT molecular complexity index is 616. The fraction of sp³-hybridized carbons (Fsp3) is 0.500. The number of aryl methyl sites for hydroxylation is 1. The van der Waals surface area contributed by atoms with Gasteiger partial charge in [0.1, 0.15) is 10.8 Å². The van der Waals surface area contributed by atoms with Crippen LogP contribution in [0.25, 0.3) is 11.5 Å². The monoisotopic (exact) mass is 404 g/mol. The van der Waals surface area contributed by atoms with Crippen molar-refractivity contribution >= 4 is 34.2 Å². The van der Waals surface area contributed by atoms with Gasteiger partial charge in [0.05, 0.1) is 9.26 Å². The summed E-state index contributed by atoms with van der Waals surface area (Å²) in [5.74, 6) is 0.645. The average Bonchev–Trinajstić information content (AvgIpc) is 2.79. The minimum Gasteiger partial charge on any atom is -0.262 e. The standard InChI is InChI=1S/C14H18ClIN4/c1-5-8-20-9(6-7-17-20)13-18-11(14(2,3)4)10(16)12(15)19-13/h6-7H,5,8H2,1-4H3. The number of hydrogen-bond acceptors (Lipinski definition) is 3. The Morgan fingerprint density at radius 2 is 2.00 bits per heavy atom. The molecule has 0 N–H and O–H groups in total. The second kappa shape index (κ2) is 5.97. The Kier molecular flexibility index (Phi) is 4.69. The van der Waals surface area contributed by atoms with Crippen LogP contribution in [0.3, 0.4) is 0 Å². The van der Waals surface area contributed by atoms with Crippen molar-refractivity contribution in [2.45, 2.75) is 46.1 Å². The van der Waals surface area contributed by atoms with E-state index in [1.807, 2.05) is 10.7 Å². The highest BCUT2D eigenvalue weighted by Gasteiger charge is 2.23. The third kappa shape index (κ3) is 3.14. The topological polar surface area (TPSA) is 43.6 Å². The molecule has 2 rings (SSSR count). The zero-order valence-corrected chi connectivity index (χ0v) is 15.0. The molecule has 2 aromatic rings. The maximum absolute atomic E-state index is 6.28. The fourth-order valence-corrected chi connectivity index (χ4v) is 3.16. The highest BCUT2D eigenvalue weighted by Crippen LogP contribution is 2.31. The lowest BCUT2D eigenvalue weighted by molar-refractivity contribution is 0.561. The molecule has 0 aliphatic heterocycles. The molecule has 108 valence electrons. The van der Waals surface area contributed by atoms with Crippen molar-refractivity contribution in [3.63, 3.8) is 0 Å². The van der Waals surface area contributed by atoms with E-state index in [0.717, 1.165) is 27.9 Å². The van der Waals surface area contributed by atoms with Gasteiger partial charge >= 0.3 is 0 Å². The Morgan fingerprint density at radius 3 is 2.60 bits per heavy atom. The van der Waals surface area contributed by atoms with Gasteiger partial charge in [-0.05, 0) is 35.1 Å². The van der Waals surface area contributed by atoms with Crippen molar-refractivity contribution in [2.75, 3.05) is 0 Å². The smallest absolute Gasteiger partial charge is 0.179 e. The van der Waals surface area contributed by atoms with Crippen LogP contribution in [0.5, 0.6) is 0 Å². The van der Waals surface area contributed by atoms with Crippen LogP contribution in [-0.4, -0.2) is 19.7 Å². The largest absolute Gasteiger partial charge is 0.262 e. The summed E-state index contributed by atoms with van der Waals surface area (Å²) in [6.07, 6.45) is 2.79. The molecule has 0 spiro atoms. The molecule has 0 aliphatic rings. The van der Waals surface area contributed by atoms with Crippen molar-refractivity contribution in [3.8, 4) is 11.5 Å². The Balaban J connectivity index is 2.58. The van der Waals surface area contributed by atoms with Crippen LogP contribution in [0.1, 0.15) is 39.8 Å². The average molecular weight is 405 g/mol. The molecule has 0 saturated carbocycles. The number of aromatic nitrogens is 4. The lowest BCUT2D eigenvalue weighted by Gasteiger charge is -2.20. The van der Waals surface area contributed by atoms with Crippen LogP contribution < -0.4 is 0 Å². The molecule has 0 amide bonds. The van der Waals surface area contributed by atoms with Gasteiger partial charge in [-0.25, -0.2) is 9.97 Å². The van der Waals surface area contributed by atoms with Crippen LogP contribution in [0, 0.1) is 3.57 Å². The van der Waals surface area contributed by atoms with Crippen molar-refractivity contribution in [3.05, 3.63) is 26.7 Å². The lowest BCUT2D eigenvalue weighted by Crippen LogP contribution is -2.18. The van der Waals surface area contributed by atoms with Gasteiger partial charge in [-0.1, -0.05) is 39.3 Å². The van der Waals surface area contributed by atoms with Gasteiger partial charge in [-0.2, -0.15) is 5.10 Å². The van der Waals surface area contributed by atoms with E-state index < -0.39 is 0 Å². The van der Waals surface area contributed by atoms with Gasteiger partial charge in [0.2, 0.25) is 0 Å². The Morgan fingerprint density at radius 1 is 1.30 bits per heavy atom. The van der Waals surface area contributed by atoms with Gasteiger partial charge < -0.3 is 0 Å². The minimum atomic E-state index is -0.0759. The van der Waals surface area contributed by atoms with E-state index in [9.17, 15) is 0 Å². The van der Waals surface area contributed by atoms with Crippen LogP contribution in [0.4, 0.5) is 0 Å². The fourth-order valence-electron chi connectivity index (χ4n) is 1.94. The molecule has 0 fully saturated rings. The number of halogens is 2. The summed E-state index contributed by atoms with van der Waals surface area (Å²) in [4.78, 5) is 9.14. The van der Waals surface area contributed by atoms with Crippen molar-refractivity contribution in [1.82, 2.24) is 19.7 Å². The molecule has 0 atom stereocenters. The molecule has 0 aliphatic carbocycles. The third-order valence-electron chi connectivity index (χ3n) is 2.90. The second-order valence-corrected chi connectivity index (χ2v) is 7.13. The second-order valence-electron chi connectivity index (χ2n) is 5.69. The van der Waals surface area contributed by atoms with Crippen molar-refractivity contribution < 1.29 is 0 Å². The molecule has 2 heterocycles. The van der Waals surface area contributed by atoms with Crippen molar-refractivity contribution in [1.29, 1.82) is 0 Å². The first-order valence-corrected chi connectivity index (χ1v) is 8.06. The number of hydrogen-bond donors (Lipinski definition) is 0. The van der Waals surface area contributed by atoms with Gasteiger partial charge in [0, 0.05) is 18.2 Å². The van der Waals surface area contributed by atoms with E-state index >= 15 is 0 Å². The van der Waals surface area contributed by atoms with E-state index in [-0.39, 0.29) is 5.41 Å². The summed E-state index contributed by atoms with van der Waals surface area (Å²) in [5.41, 5.74) is 1.81. The molecular weight excluding hydrogens is 387 g/mol. The summed E-state index contributed by atoms with van der Waals surface area (Å²) in [6, 6.07) is 1.93. The van der Waals surface area contributed by atoms with E-state index in [2.05, 4.69) is 60.4 Å². The van der Waals surface area contributed by atoms with Gasteiger partial charge in [-0.3, -0.25) is 4.68 Å². The predicted molar refractivity (Wildman–Crippen MR) is 90.0 cm³/mol. The van der Waals surface area contributed by atoms with Crippen LogP contribution in [0.15, 0.2) is 12.3 Å². The quantitative estimate of drug-likeness (QED) is 0.566. The van der Waals surface area contributed by atoms with E-state index in [1.54, 1.807) is 6.20 Å². The number of nitrogens with zero attached hydrogens (tertiary/aromatic N) is 4. The summed E-state index contributed by atoms with van der Waals surface area (Å²) in [6.45, 7) is 9.34. The molecule has 20 heavy (non-hydrogen) atoms. The third-order valence-corrected chi connectivity index (χ3v) is 4.52. The van der Waals surface area contributed by atoms with E-state index in [0.29, 0.717) is 11.0 Å². The number of rotatable bonds is 3. The summed E-state index contributed by atoms with van der Waals surface area (Å²) >= 11 is 8.49. The maximum Gasteiger partial charge on any atom is 0.179 e. The lowest BCUT2D eigenvalue weighted by atomic mass is 9.92. The van der Waals surface area contributed by atoms with Crippen molar-refractivity contribution in [2.24, 2.45) is 0 Å². The molecule has 2 aromatic heterocycles. The first kappa shape index (κ1) is 15.7. The molecule has 0 unspecified atom stereocenters. The van der Waals surface area contributed by atoms with Gasteiger partial charge in [-0.15, -0.1) is 0 Å². The molecule has 0 saturated heterocycles. The van der Waals surface area contributed by atoms with Crippen LogP contribution >= 0.6 is 34.2 Å². The molecule has 6 heteroatoms. The Labute approximate surface area is 138 Å². The molecule has 0 bridgehead atoms. The van der Waals surface area contributed by atoms with Gasteiger partial charge in [0.15, 0.2) is 5.82 Å². The molecule has 0 aromatic carbocycles. The zero-order chi connectivity index (χ0) is 14.9. The molecule has 4 nitrogen and oxygen atoms in total. The van der Waals surface area contributed by atoms with E-state index in [4.69, 9.17) is 16.6 Å². The molecule has 0 radical (unpaired) electrons. The first-order chi connectivity index (χ1) is 9.34. The Hall–Kier alpha value is -0.690. The summed E-state index contributed by atoms with van der Waals surface area (Å²) in [5, 5.41) is 4.82. The zero-order valence-electron chi connectivity index (χ0n) is 12.1.